The first kappa shape index (κ1) is 17.7. The number of benzene rings is 2. The molecule has 0 aliphatic carbocycles. The second kappa shape index (κ2) is 7.53. The molecule has 0 fully saturated rings. The van der Waals surface area contributed by atoms with E-state index < -0.39 is 5.91 Å². The summed E-state index contributed by atoms with van der Waals surface area (Å²) < 4.78 is 17.4. The molecule has 0 radical (unpaired) electrons. The molecule has 0 aliphatic rings. The van der Waals surface area contributed by atoms with E-state index in [0.29, 0.717) is 27.9 Å². The standard InChI is InChI=1S/C18H15N5O4S/c1-25-10-3-5-11(6-4-10)27-15-13-8-7-12(26-2)9-14(13)28-16(15)17(24)19-18-20-22-23-21-18/h3-9H,1-2H3,(H2,19,20,21,22,23,24). The van der Waals surface area contributed by atoms with Crippen molar-refractivity contribution in [1.82, 2.24) is 20.6 Å². The lowest BCUT2D eigenvalue weighted by molar-refractivity contribution is 0.102. The van der Waals surface area contributed by atoms with E-state index in [-0.39, 0.29) is 5.95 Å². The van der Waals surface area contributed by atoms with Gasteiger partial charge in [0.15, 0.2) is 5.75 Å². The fraction of sp³-hybridized carbons (Fsp3) is 0.111. The van der Waals surface area contributed by atoms with Crippen LogP contribution in [0.5, 0.6) is 23.0 Å². The summed E-state index contributed by atoms with van der Waals surface area (Å²) in [5.41, 5.74) is 0. The zero-order chi connectivity index (χ0) is 19.5. The summed E-state index contributed by atoms with van der Waals surface area (Å²) in [6.07, 6.45) is 0. The van der Waals surface area contributed by atoms with E-state index >= 15 is 0 Å². The third-order valence-corrected chi connectivity index (χ3v) is 5.04. The van der Waals surface area contributed by atoms with Gasteiger partial charge in [-0.15, -0.1) is 16.4 Å². The number of nitrogens with zero attached hydrogens (tertiary/aromatic N) is 3. The van der Waals surface area contributed by atoms with Crippen molar-refractivity contribution in [3.8, 4) is 23.0 Å². The van der Waals surface area contributed by atoms with Gasteiger partial charge in [0, 0.05) is 10.1 Å². The lowest BCUT2D eigenvalue weighted by atomic mass is 10.2. The largest absolute Gasteiger partial charge is 0.497 e. The first-order valence-corrected chi connectivity index (χ1v) is 8.97. The lowest BCUT2D eigenvalue weighted by Gasteiger charge is -2.08. The Labute approximate surface area is 163 Å². The van der Waals surface area contributed by atoms with Crippen LogP contribution < -0.4 is 19.5 Å². The Morgan fingerprint density at radius 1 is 1.04 bits per heavy atom. The lowest BCUT2D eigenvalue weighted by Crippen LogP contribution is -2.12. The van der Waals surface area contributed by atoms with Crippen LogP contribution in [0.4, 0.5) is 5.95 Å². The third kappa shape index (κ3) is 3.45. The van der Waals surface area contributed by atoms with Crippen LogP contribution in [-0.2, 0) is 0 Å². The number of methoxy groups -OCH3 is 2. The van der Waals surface area contributed by atoms with Gasteiger partial charge in [-0.3, -0.25) is 10.1 Å². The summed E-state index contributed by atoms with van der Waals surface area (Å²) >= 11 is 1.28. The molecule has 0 aliphatic heterocycles. The molecule has 2 aromatic carbocycles. The van der Waals surface area contributed by atoms with E-state index in [1.54, 1.807) is 38.5 Å². The third-order valence-electron chi connectivity index (χ3n) is 3.91. The molecule has 9 nitrogen and oxygen atoms in total. The molecule has 0 atom stereocenters. The van der Waals surface area contributed by atoms with Crippen molar-refractivity contribution in [3.63, 3.8) is 0 Å². The second-order valence-electron chi connectivity index (χ2n) is 5.59. The number of aromatic amines is 1. The van der Waals surface area contributed by atoms with E-state index in [4.69, 9.17) is 14.2 Å². The fourth-order valence-corrected chi connectivity index (χ4v) is 3.62. The molecule has 1 amide bonds. The molecule has 10 heteroatoms. The monoisotopic (exact) mass is 397 g/mol. The number of H-pyrrole nitrogens is 1. The molecule has 0 saturated carbocycles. The number of hydrogen-bond donors (Lipinski definition) is 2. The van der Waals surface area contributed by atoms with Gasteiger partial charge in [0.1, 0.15) is 22.1 Å². The molecule has 4 rings (SSSR count). The molecular weight excluding hydrogens is 382 g/mol. The maximum Gasteiger partial charge on any atom is 0.272 e. The maximum atomic E-state index is 12.8. The van der Waals surface area contributed by atoms with Crippen LogP contribution in [0.25, 0.3) is 10.1 Å². The molecule has 0 saturated heterocycles. The minimum Gasteiger partial charge on any atom is -0.497 e. The van der Waals surface area contributed by atoms with E-state index in [2.05, 4.69) is 25.9 Å². The number of carbonyl (C=O) groups is 1. The Balaban J connectivity index is 1.75. The average molecular weight is 397 g/mol. The minimum absolute atomic E-state index is 0.0791. The van der Waals surface area contributed by atoms with Gasteiger partial charge in [0.25, 0.3) is 11.9 Å². The number of tetrazole rings is 1. The number of amides is 1. The van der Waals surface area contributed by atoms with Crippen LogP contribution in [0.3, 0.4) is 0 Å². The number of carbonyl (C=O) groups excluding carboxylic acids is 1. The zero-order valence-corrected chi connectivity index (χ0v) is 15.7. The smallest absolute Gasteiger partial charge is 0.272 e. The fourth-order valence-electron chi connectivity index (χ4n) is 2.57. The summed E-state index contributed by atoms with van der Waals surface area (Å²) in [6, 6.07) is 12.6. The van der Waals surface area contributed by atoms with Crippen LogP contribution in [-0.4, -0.2) is 40.8 Å². The average Bonchev–Trinajstić information content (AvgIpc) is 3.36. The van der Waals surface area contributed by atoms with Gasteiger partial charge in [0.05, 0.1) is 14.2 Å². The summed E-state index contributed by atoms with van der Waals surface area (Å²) in [5.74, 6) is 2.09. The normalized spacial score (nSPS) is 10.6. The quantitative estimate of drug-likeness (QED) is 0.512. The van der Waals surface area contributed by atoms with E-state index in [1.807, 2.05) is 18.2 Å². The number of ether oxygens (including phenoxy) is 3. The van der Waals surface area contributed by atoms with Gasteiger partial charge in [-0.1, -0.05) is 5.10 Å². The highest BCUT2D eigenvalue weighted by atomic mass is 32.1. The van der Waals surface area contributed by atoms with Crippen molar-refractivity contribution < 1.29 is 19.0 Å². The van der Waals surface area contributed by atoms with Crippen molar-refractivity contribution >= 4 is 33.3 Å². The molecule has 0 bridgehead atoms. The van der Waals surface area contributed by atoms with Crippen LogP contribution in [0.1, 0.15) is 9.67 Å². The summed E-state index contributed by atoms with van der Waals surface area (Å²) in [6.45, 7) is 0. The number of hydrogen-bond acceptors (Lipinski definition) is 8. The molecule has 142 valence electrons. The highest BCUT2D eigenvalue weighted by Gasteiger charge is 2.22. The number of rotatable bonds is 6. The van der Waals surface area contributed by atoms with Crippen molar-refractivity contribution in [1.29, 1.82) is 0 Å². The molecule has 0 spiro atoms. The zero-order valence-electron chi connectivity index (χ0n) is 14.9. The van der Waals surface area contributed by atoms with Gasteiger partial charge in [-0.2, -0.15) is 5.21 Å². The number of anilines is 1. The van der Waals surface area contributed by atoms with Gasteiger partial charge >= 0.3 is 0 Å². The van der Waals surface area contributed by atoms with E-state index in [0.717, 1.165) is 10.1 Å². The van der Waals surface area contributed by atoms with Crippen molar-refractivity contribution in [2.45, 2.75) is 0 Å². The maximum absolute atomic E-state index is 12.8. The highest BCUT2D eigenvalue weighted by Crippen LogP contribution is 2.42. The minimum atomic E-state index is -0.398. The molecular formula is C18H15N5O4S. The molecule has 2 aromatic heterocycles. The molecule has 0 unspecified atom stereocenters. The van der Waals surface area contributed by atoms with Gasteiger partial charge in [-0.05, 0) is 47.7 Å². The molecule has 4 aromatic rings. The Morgan fingerprint density at radius 2 is 1.75 bits per heavy atom. The van der Waals surface area contributed by atoms with Gasteiger partial charge in [-0.25, -0.2) is 0 Å². The summed E-state index contributed by atoms with van der Waals surface area (Å²) in [5, 5.41) is 16.6. The van der Waals surface area contributed by atoms with Crippen LogP contribution in [0.15, 0.2) is 42.5 Å². The Kier molecular flexibility index (Phi) is 4.77. The topological polar surface area (TPSA) is 111 Å². The number of aromatic nitrogens is 4. The van der Waals surface area contributed by atoms with Crippen LogP contribution in [0.2, 0.25) is 0 Å². The summed E-state index contributed by atoms with van der Waals surface area (Å²) in [7, 11) is 3.18. The van der Waals surface area contributed by atoms with Crippen molar-refractivity contribution in [3.05, 3.63) is 47.3 Å². The highest BCUT2D eigenvalue weighted by molar-refractivity contribution is 7.21. The van der Waals surface area contributed by atoms with Crippen molar-refractivity contribution in [2.24, 2.45) is 0 Å². The molecule has 2 N–H and O–H groups in total. The summed E-state index contributed by atoms with van der Waals surface area (Å²) in [4.78, 5) is 13.2. The van der Waals surface area contributed by atoms with Crippen molar-refractivity contribution in [2.75, 3.05) is 19.5 Å². The second-order valence-corrected chi connectivity index (χ2v) is 6.64. The first-order chi connectivity index (χ1) is 13.7. The Bertz CT molecular complexity index is 1110. The molecule has 2 heterocycles. The van der Waals surface area contributed by atoms with E-state index in [1.165, 1.54) is 11.3 Å². The van der Waals surface area contributed by atoms with Gasteiger partial charge < -0.3 is 14.2 Å². The van der Waals surface area contributed by atoms with Gasteiger partial charge in [0.2, 0.25) is 0 Å². The SMILES string of the molecule is COc1ccc(Oc2c(C(=O)Nc3nn[nH]n3)sc3cc(OC)ccc23)cc1. The predicted molar refractivity (Wildman–Crippen MR) is 104 cm³/mol. The Hall–Kier alpha value is -3.66. The predicted octanol–water partition coefficient (Wildman–Crippen LogP) is 3.48. The number of fused-ring (bicyclic) bond motifs is 1. The number of nitrogens with one attached hydrogen (secondary N) is 2. The van der Waals surface area contributed by atoms with Crippen LogP contribution >= 0.6 is 11.3 Å². The Morgan fingerprint density at radius 3 is 2.43 bits per heavy atom. The van der Waals surface area contributed by atoms with E-state index in [9.17, 15) is 4.79 Å². The first-order valence-electron chi connectivity index (χ1n) is 8.15. The van der Waals surface area contributed by atoms with Crippen LogP contribution in [0, 0.1) is 0 Å². The molecule has 28 heavy (non-hydrogen) atoms. The number of thiophene rings is 1.